The first-order valence-corrected chi connectivity index (χ1v) is 12.0. The van der Waals surface area contributed by atoms with Crippen molar-refractivity contribution in [2.24, 2.45) is 0 Å². The highest BCUT2D eigenvalue weighted by Gasteiger charge is 2.60. The quantitative estimate of drug-likeness (QED) is 0.584. The summed E-state index contributed by atoms with van der Waals surface area (Å²) in [5.74, 6) is 1.68. The maximum Gasteiger partial charge on any atom is 0.0963 e. The zero-order valence-corrected chi connectivity index (χ0v) is 16.2. The smallest absolute Gasteiger partial charge is 0.0627 e. The standard InChI is InChI=1S/C23H28Si/c1-23(2,3)24(13-12-16-8-4-7-11-21(16)24)22-15-17-14-20(22)19-10-6-5-9-18(17)19/h4-11,17,20,22H,12-15H2,1-3H3/t17-,20-,22+,24-/m0/s1. The predicted molar refractivity (Wildman–Crippen MR) is 105 cm³/mol. The highest BCUT2D eigenvalue weighted by molar-refractivity contribution is 6.96. The van der Waals surface area contributed by atoms with Gasteiger partial charge in [0.15, 0.2) is 0 Å². The zero-order chi connectivity index (χ0) is 16.5. The van der Waals surface area contributed by atoms with Crippen molar-refractivity contribution in [3.63, 3.8) is 0 Å². The number of rotatable bonds is 1. The molecular weight excluding hydrogens is 304 g/mol. The molecule has 1 heterocycles. The monoisotopic (exact) mass is 332 g/mol. The zero-order valence-electron chi connectivity index (χ0n) is 15.2. The van der Waals surface area contributed by atoms with Gasteiger partial charge in [-0.3, -0.25) is 0 Å². The largest absolute Gasteiger partial charge is 0.0963 e. The molecule has 3 aliphatic rings. The van der Waals surface area contributed by atoms with Gasteiger partial charge >= 0.3 is 0 Å². The van der Waals surface area contributed by atoms with Crippen molar-refractivity contribution in [2.45, 2.75) is 68.5 Å². The third-order valence-corrected chi connectivity index (χ3v) is 14.7. The van der Waals surface area contributed by atoms with Gasteiger partial charge in [-0.25, -0.2) is 0 Å². The van der Waals surface area contributed by atoms with Crippen molar-refractivity contribution in [3.05, 3.63) is 65.2 Å². The summed E-state index contributed by atoms with van der Waals surface area (Å²) in [6, 6.07) is 20.3. The van der Waals surface area contributed by atoms with Gasteiger partial charge in [0, 0.05) is 0 Å². The van der Waals surface area contributed by atoms with Crippen molar-refractivity contribution in [1.82, 2.24) is 0 Å². The molecule has 1 fully saturated rings. The summed E-state index contributed by atoms with van der Waals surface area (Å²) < 4.78 is 0. The van der Waals surface area contributed by atoms with Crippen LogP contribution in [0.2, 0.25) is 16.6 Å². The molecule has 0 nitrogen and oxygen atoms in total. The Morgan fingerprint density at radius 2 is 1.58 bits per heavy atom. The van der Waals surface area contributed by atoms with Crippen molar-refractivity contribution in [3.8, 4) is 0 Å². The first-order valence-electron chi connectivity index (χ1n) is 9.69. The van der Waals surface area contributed by atoms with E-state index in [-0.39, 0.29) is 0 Å². The maximum atomic E-state index is 2.55. The normalized spacial score (nSPS) is 33.5. The van der Waals surface area contributed by atoms with Crippen LogP contribution in [0.4, 0.5) is 0 Å². The molecule has 0 aromatic heterocycles. The minimum Gasteiger partial charge on any atom is -0.0627 e. The molecule has 2 aliphatic carbocycles. The highest BCUT2D eigenvalue weighted by Crippen LogP contribution is 2.66. The first-order chi connectivity index (χ1) is 11.5. The van der Waals surface area contributed by atoms with E-state index in [2.05, 4.69) is 69.3 Å². The van der Waals surface area contributed by atoms with Gasteiger partial charge in [0.1, 0.15) is 0 Å². The van der Waals surface area contributed by atoms with Crippen LogP contribution in [-0.2, 0) is 6.42 Å². The third kappa shape index (κ3) is 1.74. The minimum atomic E-state index is -1.54. The maximum absolute atomic E-state index is 2.55. The van der Waals surface area contributed by atoms with E-state index in [4.69, 9.17) is 0 Å². The second-order valence-electron chi connectivity index (χ2n) is 9.39. The van der Waals surface area contributed by atoms with E-state index >= 15 is 0 Å². The van der Waals surface area contributed by atoms with Gasteiger partial charge in [-0.05, 0) is 64.4 Å². The van der Waals surface area contributed by atoms with E-state index in [0.29, 0.717) is 5.04 Å². The molecule has 0 unspecified atom stereocenters. The molecule has 0 amide bonds. The van der Waals surface area contributed by atoms with E-state index in [1.54, 1.807) is 16.7 Å². The van der Waals surface area contributed by atoms with Crippen molar-refractivity contribution in [1.29, 1.82) is 0 Å². The average molecular weight is 333 g/mol. The Labute approximate surface area is 147 Å². The molecule has 2 bridgehead atoms. The van der Waals surface area contributed by atoms with Gasteiger partial charge in [0.2, 0.25) is 0 Å². The highest BCUT2D eigenvalue weighted by atomic mass is 28.3. The van der Waals surface area contributed by atoms with Crippen LogP contribution in [0.3, 0.4) is 0 Å². The molecule has 1 saturated carbocycles. The Morgan fingerprint density at radius 3 is 2.38 bits per heavy atom. The summed E-state index contributed by atoms with van der Waals surface area (Å²) in [6.07, 6.45) is 4.21. The first kappa shape index (κ1) is 15.0. The number of fused-ring (bicyclic) bond motifs is 6. The van der Waals surface area contributed by atoms with Crippen LogP contribution in [0.15, 0.2) is 48.5 Å². The Hall–Kier alpha value is -1.34. The van der Waals surface area contributed by atoms with E-state index in [9.17, 15) is 0 Å². The second kappa shape index (κ2) is 4.85. The fraction of sp³-hybridized carbons (Fsp3) is 0.478. The number of hydrogen-bond donors (Lipinski definition) is 0. The lowest BCUT2D eigenvalue weighted by Crippen LogP contribution is -2.57. The van der Waals surface area contributed by atoms with Crippen LogP contribution in [-0.4, -0.2) is 8.07 Å². The Morgan fingerprint density at radius 1 is 0.875 bits per heavy atom. The van der Waals surface area contributed by atoms with Gasteiger partial charge in [0.05, 0.1) is 8.07 Å². The summed E-state index contributed by atoms with van der Waals surface area (Å²) in [6.45, 7) is 7.66. The summed E-state index contributed by atoms with van der Waals surface area (Å²) in [4.78, 5) is 0. The lowest BCUT2D eigenvalue weighted by Gasteiger charge is -2.49. The molecule has 2 aromatic rings. The van der Waals surface area contributed by atoms with E-state index in [1.165, 1.54) is 25.3 Å². The second-order valence-corrected chi connectivity index (χ2v) is 14.6. The van der Waals surface area contributed by atoms with Crippen LogP contribution >= 0.6 is 0 Å². The summed E-state index contributed by atoms with van der Waals surface area (Å²) in [5, 5.41) is 2.26. The van der Waals surface area contributed by atoms with Crippen molar-refractivity contribution in [2.75, 3.05) is 0 Å². The SMILES string of the molecule is CC(C)(C)[Si@@]1([C@@H]2C[C@@H]3C[C@H]2c2ccccc23)CCc2ccccc21. The van der Waals surface area contributed by atoms with E-state index in [0.717, 1.165) is 17.4 Å². The van der Waals surface area contributed by atoms with Crippen LogP contribution in [0.25, 0.3) is 0 Å². The molecule has 5 rings (SSSR count). The van der Waals surface area contributed by atoms with E-state index < -0.39 is 8.07 Å². The van der Waals surface area contributed by atoms with Gasteiger partial charge in [-0.15, -0.1) is 0 Å². The van der Waals surface area contributed by atoms with Crippen LogP contribution in [0, 0.1) is 0 Å². The van der Waals surface area contributed by atoms with Crippen molar-refractivity contribution >= 4 is 13.3 Å². The number of hydrogen-bond acceptors (Lipinski definition) is 0. The molecule has 0 radical (unpaired) electrons. The fourth-order valence-electron chi connectivity index (χ4n) is 6.76. The molecule has 124 valence electrons. The van der Waals surface area contributed by atoms with Crippen LogP contribution in [0.5, 0.6) is 0 Å². The molecule has 0 spiro atoms. The number of benzene rings is 2. The molecule has 4 atom stereocenters. The van der Waals surface area contributed by atoms with Crippen LogP contribution in [0.1, 0.15) is 62.1 Å². The molecular formula is C23H28Si. The predicted octanol–water partition coefficient (Wildman–Crippen LogP) is 5.74. The summed E-state index contributed by atoms with van der Waals surface area (Å²) in [5.41, 5.74) is 6.01. The lowest BCUT2D eigenvalue weighted by molar-refractivity contribution is 0.623. The Balaban J connectivity index is 1.68. The lowest BCUT2D eigenvalue weighted by atomic mass is 9.91. The molecule has 2 aromatic carbocycles. The average Bonchev–Trinajstić information content (AvgIpc) is 3.26. The van der Waals surface area contributed by atoms with Gasteiger partial charge in [-0.2, -0.15) is 0 Å². The van der Waals surface area contributed by atoms with Gasteiger partial charge in [0.25, 0.3) is 0 Å². The fourth-order valence-corrected chi connectivity index (χ4v) is 14.0. The molecule has 1 heteroatoms. The minimum absolute atomic E-state index is 0.448. The summed E-state index contributed by atoms with van der Waals surface area (Å²) in [7, 11) is -1.54. The Kier molecular flexibility index (Phi) is 3.02. The van der Waals surface area contributed by atoms with Crippen LogP contribution < -0.4 is 5.19 Å². The molecule has 24 heavy (non-hydrogen) atoms. The molecule has 0 N–H and O–H groups in total. The topological polar surface area (TPSA) is 0 Å². The third-order valence-electron chi connectivity index (χ3n) is 7.66. The number of aryl methyl sites for hydroxylation is 1. The van der Waals surface area contributed by atoms with Gasteiger partial charge < -0.3 is 0 Å². The Bertz CT molecular complexity index is 800. The van der Waals surface area contributed by atoms with Crippen molar-refractivity contribution < 1.29 is 0 Å². The summed E-state index contributed by atoms with van der Waals surface area (Å²) >= 11 is 0. The molecule has 1 aliphatic heterocycles. The van der Waals surface area contributed by atoms with Gasteiger partial charge in [-0.1, -0.05) is 74.5 Å². The molecule has 0 saturated heterocycles. The van der Waals surface area contributed by atoms with E-state index in [1.807, 2.05) is 5.19 Å².